The predicted molar refractivity (Wildman–Crippen MR) is 95.4 cm³/mol. The monoisotopic (exact) mass is 344 g/mol. The maximum absolute atomic E-state index is 12.3. The Morgan fingerprint density at radius 2 is 2.04 bits per heavy atom. The van der Waals surface area contributed by atoms with Crippen molar-refractivity contribution in [2.75, 3.05) is 26.9 Å². The number of carbonyl (C=O) groups excluding carboxylic acids is 1. The van der Waals surface area contributed by atoms with E-state index in [-0.39, 0.29) is 24.4 Å². The molecular weight excluding hydrogens is 316 g/mol. The molecule has 1 rings (SSSR count). The largest absolute Gasteiger partial charge is 0.493 e. The second kappa shape index (κ2) is 12.2. The van der Waals surface area contributed by atoms with Crippen molar-refractivity contribution in [1.29, 1.82) is 0 Å². The van der Waals surface area contributed by atoms with Crippen molar-refractivity contribution in [1.82, 2.24) is 5.32 Å². The number of methoxy groups -OCH3 is 1. The summed E-state index contributed by atoms with van der Waals surface area (Å²) in [7, 11) is 1.66. The standard InChI is InChI=1S/C17H28N2O3.ClH/c1-13(2)10-15(12-18)19-17(20)14-6-4-7-16(11-14)22-9-5-8-21-3;/h4,6-7,11,13,15H,5,8-10,12,18H2,1-3H3,(H,19,20);1H. The second-order valence-corrected chi connectivity index (χ2v) is 5.76. The van der Waals surface area contributed by atoms with Crippen LogP contribution in [0.15, 0.2) is 24.3 Å². The van der Waals surface area contributed by atoms with Gasteiger partial charge in [-0.3, -0.25) is 4.79 Å². The van der Waals surface area contributed by atoms with Gasteiger partial charge in [-0.25, -0.2) is 0 Å². The number of amides is 1. The topological polar surface area (TPSA) is 73.6 Å². The smallest absolute Gasteiger partial charge is 0.251 e. The minimum absolute atomic E-state index is 0. The zero-order valence-corrected chi connectivity index (χ0v) is 15.0. The fourth-order valence-electron chi connectivity index (χ4n) is 2.17. The Balaban J connectivity index is 0.00000484. The molecule has 0 heterocycles. The fourth-order valence-corrected chi connectivity index (χ4v) is 2.17. The number of hydrogen-bond acceptors (Lipinski definition) is 4. The molecule has 1 amide bonds. The molecule has 0 aliphatic heterocycles. The molecule has 0 saturated heterocycles. The molecule has 1 atom stereocenters. The van der Waals surface area contributed by atoms with E-state index in [1.54, 1.807) is 19.2 Å². The minimum Gasteiger partial charge on any atom is -0.493 e. The Morgan fingerprint density at radius 1 is 1.30 bits per heavy atom. The summed E-state index contributed by atoms with van der Waals surface area (Å²) in [6.45, 7) is 5.90. The Hall–Kier alpha value is -1.30. The van der Waals surface area contributed by atoms with Crippen LogP contribution in [0, 0.1) is 5.92 Å². The van der Waals surface area contributed by atoms with E-state index >= 15 is 0 Å². The molecule has 1 aromatic rings. The van der Waals surface area contributed by atoms with E-state index < -0.39 is 0 Å². The molecule has 0 aliphatic carbocycles. The lowest BCUT2D eigenvalue weighted by Crippen LogP contribution is -2.41. The van der Waals surface area contributed by atoms with E-state index in [0.29, 0.717) is 37.0 Å². The van der Waals surface area contributed by atoms with Crippen molar-refractivity contribution in [3.63, 3.8) is 0 Å². The van der Waals surface area contributed by atoms with Crippen molar-refractivity contribution in [3.05, 3.63) is 29.8 Å². The molecule has 5 nitrogen and oxygen atoms in total. The lowest BCUT2D eigenvalue weighted by molar-refractivity contribution is 0.0933. The maximum atomic E-state index is 12.3. The summed E-state index contributed by atoms with van der Waals surface area (Å²) in [6, 6.07) is 7.20. The van der Waals surface area contributed by atoms with Gasteiger partial charge in [-0.2, -0.15) is 0 Å². The van der Waals surface area contributed by atoms with Gasteiger partial charge in [-0.05, 0) is 30.5 Å². The van der Waals surface area contributed by atoms with E-state index in [9.17, 15) is 4.79 Å². The molecular formula is C17H29ClN2O3. The molecule has 3 N–H and O–H groups in total. The van der Waals surface area contributed by atoms with Gasteiger partial charge in [0.05, 0.1) is 6.61 Å². The molecule has 23 heavy (non-hydrogen) atoms. The second-order valence-electron chi connectivity index (χ2n) is 5.76. The summed E-state index contributed by atoms with van der Waals surface area (Å²) >= 11 is 0. The molecule has 6 heteroatoms. The Labute approximate surface area is 145 Å². The molecule has 0 spiro atoms. The number of halogens is 1. The average molecular weight is 345 g/mol. The first-order valence-electron chi connectivity index (χ1n) is 7.79. The molecule has 0 fully saturated rings. The van der Waals surface area contributed by atoms with Crippen LogP contribution in [0.2, 0.25) is 0 Å². The van der Waals surface area contributed by atoms with Crippen molar-refractivity contribution in [2.24, 2.45) is 11.7 Å². The van der Waals surface area contributed by atoms with Crippen molar-refractivity contribution in [2.45, 2.75) is 32.7 Å². The SMILES string of the molecule is COCCCOc1cccc(C(=O)NC(CN)CC(C)C)c1.Cl. The molecule has 0 aliphatic rings. The molecule has 0 bridgehead atoms. The van der Waals surface area contributed by atoms with Gasteiger partial charge in [0.1, 0.15) is 5.75 Å². The van der Waals surface area contributed by atoms with Gasteiger partial charge in [0.15, 0.2) is 0 Å². The third-order valence-electron chi connectivity index (χ3n) is 3.23. The number of rotatable bonds is 10. The summed E-state index contributed by atoms with van der Waals surface area (Å²) in [5, 5.41) is 2.98. The Bertz CT molecular complexity index is 455. The first-order valence-corrected chi connectivity index (χ1v) is 7.79. The maximum Gasteiger partial charge on any atom is 0.251 e. The third kappa shape index (κ3) is 8.79. The highest BCUT2D eigenvalue weighted by Gasteiger charge is 2.14. The van der Waals surface area contributed by atoms with Crippen LogP contribution in [0.4, 0.5) is 0 Å². The third-order valence-corrected chi connectivity index (χ3v) is 3.23. The van der Waals surface area contributed by atoms with Crippen LogP contribution < -0.4 is 15.8 Å². The fraction of sp³-hybridized carbons (Fsp3) is 0.588. The van der Waals surface area contributed by atoms with Crippen LogP contribution >= 0.6 is 12.4 Å². The molecule has 1 aromatic carbocycles. The summed E-state index contributed by atoms with van der Waals surface area (Å²) in [5.41, 5.74) is 6.31. The zero-order valence-electron chi connectivity index (χ0n) is 14.2. The highest BCUT2D eigenvalue weighted by Crippen LogP contribution is 2.14. The lowest BCUT2D eigenvalue weighted by atomic mass is 10.0. The van der Waals surface area contributed by atoms with Gasteiger partial charge in [0.25, 0.3) is 5.91 Å². The summed E-state index contributed by atoms with van der Waals surface area (Å²) < 4.78 is 10.6. The van der Waals surface area contributed by atoms with Crippen LogP contribution in [0.5, 0.6) is 5.75 Å². The van der Waals surface area contributed by atoms with E-state index in [2.05, 4.69) is 19.2 Å². The minimum atomic E-state index is -0.113. The number of hydrogen-bond donors (Lipinski definition) is 2. The molecule has 1 unspecified atom stereocenters. The predicted octanol–water partition coefficient (Wildman–Crippen LogP) is 2.63. The van der Waals surface area contributed by atoms with Crippen molar-refractivity contribution in [3.8, 4) is 5.75 Å². The quantitative estimate of drug-likeness (QED) is 0.640. The molecule has 132 valence electrons. The Kier molecular flexibility index (Phi) is 11.5. The molecule has 0 radical (unpaired) electrons. The van der Waals surface area contributed by atoms with E-state index in [1.165, 1.54) is 0 Å². The van der Waals surface area contributed by atoms with Crippen LogP contribution in [-0.2, 0) is 4.74 Å². The summed E-state index contributed by atoms with van der Waals surface area (Å²) in [4.78, 5) is 12.3. The number of nitrogens with two attached hydrogens (primary N) is 1. The highest BCUT2D eigenvalue weighted by molar-refractivity contribution is 5.94. The van der Waals surface area contributed by atoms with E-state index in [0.717, 1.165) is 12.8 Å². The van der Waals surface area contributed by atoms with Gasteiger partial charge >= 0.3 is 0 Å². The summed E-state index contributed by atoms with van der Waals surface area (Å²) in [5.74, 6) is 1.07. The van der Waals surface area contributed by atoms with Gasteiger partial charge in [-0.1, -0.05) is 19.9 Å². The van der Waals surface area contributed by atoms with E-state index in [4.69, 9.17) is 15.2 Å². The number of carbonyl (C=O) groups is 1. The normalized spacial score (nSPS) is 11.7. The number of benzene rings is 1. The highest BCUT2D eigenvalue weighted by atomic mass is 35.5. The number of nitrogens with one attached hydrogen (secondary N) is 1. The zero-order chi connectivity index (χ0) is 16.4. The van der Waals surface area contributed by atoms with Crippen LogP contribution in [-0.4, -0.2) is 38.8 Å². The number of ether oxygens (including phenoxy) is 2. The van der Waals surface area contributed by atoms with Gasteiger partial charge in [0.2, 0.25) is 0 Å². The van der Waals surface area contributed by atoms with Crippen LogP contribution in [0.1, 0.15) is 37.0 Å². The van der Waals surface area contributed by atoms with Crippen LogP contribution in [0.3, 0.4) is 0 Å². The van der Waals surface area contributed by atoms with Gasteiger partial charge in [0, 0.05) is 38.3 Å². The van der Waals surface area contributed by atoms with Crippen LogP contribution in [0.25, 0.3) is 0 Å². The average Bonchev–Trinajstić information content (AvgIpc) is 2.50. The van der Waals surface area contributed by atoms with E-state index in [1.807, 2.05) is 12.1 Å². The van der Waals surface area contributed by atoms with Crippen molar-refractivity contribution < 1.29 is 14.3 Å². The summed E-state index contributed by atoms with van der Waals surface area (Å²) in [6.07, 6.45) is 1.69. The lowest BCUT2D eigenvalue weighted by Gasteiger charge is -2.19. The van der Waals surface area contributed by atoms with Gasteiger partial charge < -0.3 is 20.5 Å². The first kappa shape index (κ1) is 21.7. The first-order chi connectivity index (χ1) is 10.6. The molecule has 0 aromatic heterocycles. The van der Waals surface area contributed by atoms with Crippen molar-refractivity contribution >= 4 is 18.3 Å². The Morgan fingerprint density at radius 3 is 2.65 bits per heavy atom. The van der Waals surface area contributed by atoms with Gasteiger partial charge in [-0.15, -0.1) is 12.4 Å². The molecule has 0 saturated carbocycles.